The Balaban J connectivity index is 1.31. The van der Waals surface area contributed by atoms with Crippen molar-refractivity contribution in [1.29, 1.82) is 0 Å². The molecule has 1 aromatic heterocycles. The largest absolute Gasteiger partial charge is 0.459 e. The van der Waals surface area contributed by atoms with Gasteiger partial charge in [-0.05, 0) is 60.9 Å². The van der Waals surface area contributed by atoms with E-state index in [1.807, 2.05) is 6.07 Å². The van der Waals surface area contributed by atoms with Crippen molar-refractivity contribution in [2.45, 2.75) is 44.3 Å². The minimum absolute atomic E-state index is 0.0580. The van der Waals surface area contributed by atoms with Crippen LogP contribution in [0.5, 0.6) is 0 Å². The van der Waals surface area contributed by atoms with E-state index in [2.05, 4.69) is 15.5 Å². The Bertz CT molecular complexity index is 1350. The maximum Gasteiger partial charge on any atom is 0.289 e. The summed E-state index contributed by atoms with van der Waals surface area (Å²) in [6, 6.07) is 15.4. The smallest absolute Gasteiger partial charge is 0.289 e. The zero-order valence-electron chi connectivity index (χ0n) is 22.3. The second-order valence-electron chi connectivity index (χ2n) is 10.4. The Morgan fingerprint density at radius 2 is 1.70 bits per heavy atom. The van der Waals surface area contributed by atoms with Gasteiger partial charge in [0.05, 0.1) is 6.26 Å². The average Bonchev–Trinajstić information content (AvgIpc) is 3.50. The standard InChI is InChI=1S/C30H34ClN5O4/c31-23-6-3-5-20(17-23)28(37)34-26-18-21(29(38)33-25-8-2-1-7-24(25)32)10-11-22(26)19-35-12-14-36(15-13-35)30(39)27-9-4-16-40-27/h3-6,9-11,16-18,24-25H,1-2,7-8,12-15,19,32H2,(H,33,38)(H,34,37). The van der Waals surface area contributed by atoms with Gasteiger partial charge < -0.3 is 25.7 Å². The number of benzene rings is 2. The average molecular weight is 564 g/mol. The van der Waals surface area contributed by atoms with Crippen LogP contribution >= 0.6 is 11.6 Å². The number of carbonyl (C=O) groups is 3. The van der Waals surface area contributed by atoms with Crippen LogP contribution in [0, 0.1) is 0 Å². The van der Waals surface area contributed by atoms with Crippen molar-refractivity contribution >= 4 is 35.0 Å². The summed E-state index contributed by atoms with van der Waals surface area (Å²) in [5.74, 6) is -0.309. The van der Waals surface area contributed by atoms with Gasteiger partial charge in [-0.2, -0.15) is 0 Å². The van der Waals surface area contributed by atoms with Crippen LogP contribution in [-0.2, 0) is 6.54 Å². The minimum atomic E-state index is -0.315. The third-order valence-electron chi connectivity index (χ3n) is 7.63. The molecule has 40 heavy (non-hydrogen) atoms. The molecule has 5 rings (SSSR count). The van der Waals surface area contributed by atoms with E-state index in [9.17, 15) is 14.4 Å². The van der Waals surface area contributed by atoms with Gasteiger partial charge in [0, 0.05) is 66.6 Å². The Morgan fingerprint density at radius 3 is 2.42 bits per heavy atom. The van der Waals surface area contributed by atoms with Gasteiger partial charge in [-0.15, -0.1) is 0 Å². The highest BCUT2D eigenvalue weighted by Gasteiger charge is 2.26. The predicted octanol–water partition coefficient (Wildman–Crippen LogP) is 4.14. The first-order valence-corrected chi connectivity index (χ1v) is 14.1. The van der Waals surface area contributed by atoms with E-state index < -0.39 is 0 Å². The fraction of sp³-hybridized carbons (Fsp3) is 0.367. The molecular weight excluding hydrogens is 530 g/mol. The van der Waals surface area contributed by atoms with Crippen LogP contribution in [0.3, 0.4) is 0 Å². The lowest BCUT2D eigenvalue weighted by Crippen LogP contribution is -2.49. The summed E-state index contributed by atoms with van der Waals surface area (Å²) in [7, 11) is 0. The molecule has 10 heteroatoms. The van der Waals surface area contributed by atoms with Crippen LogP contribution < -0.4 is 16.4 Å². The highest BCUT2D eigenvalue weighted by atomic mass is 35.5. The number of piperazine rings is 1. The van der Waals surface area contributed by atoms with Gasteiger partial charge in [0.1, 0.15) is 0 Å². The second kappa shape index (κ2) is 12.7. The lowest BCUT2D eigenvalue weighted by Gasteiger charge is -2.34. The number of halogens is 1. The number of hydrogen-bond donors (Lipinski definition) is 3. The van der Waals surface area contributed by atoms with Crippen LogP contribution in [0.4, 0.5) is 5.69 Å². The first-order chi connectivity index (χ1) is 19.4. The van der Waals surface area contributed by atoms with Crippen molar-refractivity contribution < 1.29 is 18.8 Å². The quantitative estimate of drug-likeness (QED) is 0.397. The highest BCUT2D eigenvalue weighted by molar-refractivity contribution is 6.31. The Morgan fingerprint density at radius 1 is 0.925 bits per heavy atom. The molecule has 1 saturated carbocycles. The first kappa shape index (κ1) is 27.9. The summed E-state index contributed by atoms with van der Waals surface area (Å²) < 4.78 is 5.26. The van der Waals surface area contributed by atoms with E-state index in [1.165, 1.54) is 6.26 Å². The number of amides is 3. The third-order valence-corrected chi connectivity index (χ3v) is 7.86. The van der Waals surface area contributed by atoms with Gasteiger partial charge in [0.2, 0.25) is 0 Å². The number of nitrogens with zero attached hydrogens (tertiary/aromatic N) is 2. The van der Waals surface area contributed by atoms with E-state index in [4.69, 9.17) is 21.8 Å². The fourth-order valence-electron chi connectivity index (χ4n) is 5.29. The van der Waals surface area contributed by atoms with E-state index in [0.717, 1.165) is 31.2 Å². The summed E-state index contributed by atoms with van der Waals surface area (Å²) in [5, 5.41) is 6.54. The first-order valence-electron chi connectivity index (χ1n) is 13.7. The van der Waals surface area contributed by atoms with E-state index in [1.54, 1.807) is 53.4 Å². The summed E-state index contributed by atoms with van der Waals surface area (Å²) in [4.78, 5) is 42.9. The molecule has 2 unspecified atom stereocenters. The maximum atomic E-state index is 13.2. The number of rotatable bonds is 7. The molecule has 0 radical (unpaired) electrons. The van der Waals surface area contributed by atoms with Crippen LogP contribution in [0.15, 0.2) is 65.3 Å². The normalized spacial score (nSPS) is 19.7. The van der Waals surface area contributed by atoms with Gasteiger partial charge in [-0.1, -0.05) is 36.6 Å². The molecule has 2 heterocycles. The molecule has 9 nitrogen and oxygen atoms in total. The van der Waals surface area contributed by atoms with E-state index >= 15 is 0 Å². The summed E-state index contributed by atoms with van der Waals surface area (Å²) >= 11 is 6.11. The molecule has 3 aromatic rings. The highest BCUT2D eigenvalue weighted by Crippen LogP contribution is 2.24. The lowest BCUT2D eigenvalue weighted by molar-refractivity contribution is 0.0597. The van der Waals surface area contributed by atoms with Crippen molar-refractivity contribution in [3.8, 4) is 0 Å². The predicted molar refractivity (Wildman–Crippen MR) is 153 cm³/mol. The molecule has 3 amide bonds. The maximum absolute atomic E-state index is 13.2. The van der Waals surface area contributed by atoms with Crippen LogP contribution in [0.25, 0.3) is 0 Å². The number of anilines is 1. The Labute approximate surface area is 238 Å². The fourth-order valence-corrected chi connectivity index (χ4v) is 5.48. The van der Waals surface area contributed by atoms with Crippen molar-refractivity contribution in [3.63, 3.8) is 0 Å². The number of furan rings is 1. The lowest BCUT2D eigenvalue weighted by atomic mass is 9.91. The van der Waals surface area contributed by atoms with Gasteiger partial charge in [0.15, 0.2) is 5.76 Å². The Hall–Kier alpha value is -3.66. The molecule has 2 aromatic carbocycles. The molecule has 0 spiro atoms. The molecule has 1 saturated heterocycles. The van der Waals surface area contributed by atoms with E-state index in [0.29, 0.717) is 60.3 Å². The Kier molecular flexibility index (Phi) is 8.84. The number of nitrogens with two attached hydrogens (primary N) is 1. The van der Waals surface area contributed by atoms with Gasteiger partial charge in [0.25, 0.3) is 17.7 Å². The minimum Gasteiger partial charge on any atom is -0.459 e. The van der Waals surface area contributed by atoms with Gasteiger partial charge in [-0.3, -0.25) is 19.3 Å². The van der Waals surface area contributed by atoms with Crippen LogP contribution in [0.1, 0.15) is 62.5 Å². The molecule has 1 aliphatic heterocycles. The SMILES string of the molecule is NC1CCCCC1NC(=O)c1ccc(CN2CCN(C(=O)c3ccco3)CC2)c(NC(=O)c2cccc(Cl)c2)c1. The molecule has 2 atom stereocenters. The van der Waals surface area contributed by atoms with Crippen molar-refractivity contribution in [2.24, 2.45) is 5.73 Å². The molecule has 210 valence electrons. The van der Waals surface area contributed by atoms with Crippen molar-refractivity contribution in [2.75, 3.05) is 31.5 Å². The summed E-state index contributed by atoms with van der Waals surface area (Å²) in [5.41, 5.74) is 8.55. The number of carbonyl (C=O) groups excluding carboxylic acids is 3. The van der Waals surface area contributed by atoms with E-state index in [-0.39, 0.29) is 29.8 Å². The molecule has 4 N–H and O–H groups in total. The van der Waals surface area contributed by atoms with Gasteiger partial charge >= 0.3 is 0 Å². The molecule has 1 aliphatic carbocycles. The van der Waals surface area contributed by atoms with Crippen molar-refractivity contribution in [1.82, 2.24) is 15.1 Å². The zero-order valence-corrected chi connectivity index (χ0v) is 23.0. The second-order valence-corrected chi connectivity index (χ2v) is 10.8. The molecule has 2 fully saturated rings. The number of hydrogen-bond acceptors (Lipinski definition) is 6. The summed E-state index contributed by atoms with van der Waals surface area (Å²) in [6.45, 7) is 2.99. The van der Waals surface area contributed by atoms with Crippen LogP contribution in [-0.4, -0.2) is 65.8 Å². The zero-order chi connectivity index (χ0) is 28.1. The van der Waals surface area contributed by atoms with Gasteiger partial charge in [-0.25, -0.2) is 0 Å². The van der Waals surface area contributed by atoms with Crippen LogP contribution in [0.2, 0.25) is 5.02 Å². The van der Waals surface area contributed by atoms with Crippen molar-refractivity contribution in [3.05, 3.63) is 88.3 Å². The topological polar surface area (TPSA) is 121 Å². The third kappa shape index (κ3) is 6.72. The monoisotopic (exact) mass is 563 g/mol. The number of nitrogens with one attached hydrogen (secondary N) is 2. The molecule has 2 aliphatic rings. The summed E-state index contributed by atoms with van der Waals surface area (Å²) in [6.07, 6.45) is 5.37. The molecular formula is C30H34ClN5O4. The molecule has 0 bridgehead atoms.